The molecule has 0 N–H and O–H groups in total. The van der Waals surface area contributed by atoms with Crippen molar-refractivity contribution in [2.24, 2.45) is 0 Å². The van der Waals surface area contributed by atoms with Crippen molar-refractivity contribution in [1.82, 2.24) is 15.0 Å². The first-order valence-corrected chi connectivity index (χ1v) is 12.0. The van der Waals surface area contributed by atoms with Crippen LogP contribution in [0.5, 0.6) is 0 Å². The fourth-order valence-electron chi connectivity index (χ4n) is 3.18. The van der Waals surface area contributed by atoms with Gasteiger partial charge in [0.2, 0.25) is 0 Å². The Hall–Kier alpha value is -2.14. The van der Waals surface area contributed by atoms with Crippen molar-refractivity contribution >= 4 is 17.3 Å². The van der Waals surface area contributed by atoms with Gasteiger partial charge in [-0.3, -0.25) is 0 Å². The lowest BCUT2D eigenvalue weighted by Gasteiger charge is -2.33. The lowest BCUT2D eigenvalue weighted by atomic mass is 10.1. The van der Waals surface area contributed by atoms with E-state index in [1.54, 1.807) is 24.1 Å². The third-order valence-electron chi connectivity index (χ3n) is 4.85. The van der Waals surface area contributed by atoms with E-state index in [0.717, 1.165) is 23.3 Å². The summed E-state index contributed by atoms with van der Waals surface area (Å²) in [5.41, 5.74) is 0.254. The number of methoxy groups -OCH3 is 1. The minimum atomic E-state index is -1.10. The van der Waals surface area contributed by atoms with E-state index in [1.807, 2.05) is 32.9 Å². The van der Waals surface area contributed by atoms with Crippen LogP contribution in [0.3, 0.4) is 0 Å². The Labute approximate surface area is 191 Å². The fraction of sp³-hybridized carbons (Fsp3) is 0.591. The Kier molecular flexibility index (Phi) is 8.52. The third kappa shape index (κ3) is 7.19. The van der Waals surface area contributed by atoms with E-state index in [-0.39, 0.29) is 18.8 Å². The van der Waals surface area contributed by atoms with Crippen molar-refractivity contribution in [1.29, 1.82) is 0 Å². The molecule has 1 saturated heterocycles. The molecule has 1 unspecified atom stereocenters. The molecule has 3 rings (SSSR count). The van der Waals surface area contributed by atoms with E-state index in [0.29, 0.717) is 37.2 Å². The summed E-state index contributed by atoms with van der Waals surface area (Å²) in [7, 11) is 1.59. The van der Waals surface area contributed by atoms with Crippen LogP contribution >= 0.6 is 0 Å². The molecule has 9 nitrogen and oxygen atoms in total. The van der Waals surface area contributed by atoms with Crippen molar-refractivity contribution in [2.45, 2.75) is 56.8 Å². The van der Waals surface area contributed by atoms with Gasteiger partial charge < -0.3 is 28.2 Å². The first kappa shape index (κ1) is 24.5. The third-order valence-corrected chi connectivity index (χ3v) is 6.18. The molecule has 1 amide bonds. The molecular weight excluding hydrogens is 434 g/mol. The minimum Gasteiger partial charge on any atom is -0.611 e. The van der Waals surface area contributed by atoms with Crippen molar-refractivity contribution in [2.75, 3.05) is 32.6 Å². The highest BCUT2D eigenvalue weighted by atomic mass is 32.2. The summed E-state index contributed by atoms with van der Waals surface area (Å²) in [6.45, 7) is 7.44. The quantitative estimate of drug-likeness (QED) is 0.546. The zero-order valence-corrected chi connectivity index (χ0v) is 19.9. The van der Waals surface area contributed by atoms with Gasteiger partial charge in [-0.2, -0.15) is 4.98 Å². The maximum absolute atomic E-state index is 12.1. The Morgan fingerprint density at radius 1 is 1.25 bits per heavy atom. The highest BCUT2D eigenvalue weighted by Gasteiger charge is 2.27. The number of hydrogen-bond donors (Lipinski definition) is 0. The van der Waals surface area contributed by atoms with Gasteiger partial charge in [0.15, 0.2) is 10.7 Å². The van der Waals surface area contributed by atoms with Crippen LogP contribution in [-0.2, 0) is 32.0 Å². The highest BCUT2D eigenvalue weighted by Crippen LogP contribution is 2.22. The van der Waals surface area contributed by atoms with Crippen LogP contribution in [0.4, 0.5) is 4.79 Å². The van der Waals surface area contributed by atoms with Gasteiger partial charge in [0.25, 0.3) is 5.89 Å². The second kappa shape index (κ2) is 11.1. The Balaban J connectivity index is 1.45. The van der Waals surface area contributed by atoms with Gasteiger partial charge >= 0.3 is 6.09 Å². The topological polar surface area (TPSA) is 110 Å². The van der Waals surface area contributed by atoms with E-state index >= 15 is 0 Å². The molecule has 10 heteroatoms. The van der Waals surface area contributed by atoms with E-state index in [2.05, 4.69) is 10.1 Å². The van der Waals surface area contributed by atoms with Crippen molar-refractivity contribution < 1.29 is 28.1 Å². The Bertz CT molecular complexity index is 859. The largest absolute Gasteiger partial charge is 0.611 e. The number of amides is 1. The van der Waals surface area contributed by atoms with Gasteiger partial charge in [0.05, 0.1) is 12.7 Å². The van der Waals surface area contributed by atoms with Gasteiger partial charge in [0, 0.05) is 25.8 Å². The number of likely N-dealkylation sites (tertiary alicyclic amines) is 1. The molecule has 176 valence electrons. The summed E-state index contributed by atoms with van der Waals surface area (Å²) in [4.78, 5) is 19.0. The average Bonchev–Trinajstić information content (AvgIpc) is 3.24. The van der Waals surface area contributed by atoms with Crippen LogP contribution in [0.1, 0.15) is 39.4 Å². The zero-order valence-electron chi connectivity index (χ0n) is 19.0. The molecule has 0 saturated carbocycles. The van der Waals surface area contributed by atoms with E-state index in [4.69, 9.17) is 18.7 Å². The normalized spacial score (nSPS) is 16.2. The summed E-state index contributed by atoms with van der Waals surface area (Å²) < 4.78 is 33.8. The number of carbonyl (C=O) groups is 1. The Morgan fingerprint density at radius 3 is 2.56 bits per heavy atom. The zero-order chi connectivity index (χ0) is 23.1. The lowest BCUT2D eigenvalue weighted by Crippen LogP contribution is -2.43. The van der Waals surface area contributed by atoms with Gasteiger partial charge in [0.1, 0.15) is 18.0 Å². The lowest BCUT2D eigenvalue weighted by molar-refractivity contribution is -0.0190. The molecule has 2 heterocycles. The van der Waals surface area contributed by atoms with Crippen molar-refractivity contribution in [3.05, 3.63) is 30.1 Å². The van der Waals surface area contributed by atoms with Gasteiger partial charge in [-0.15, -0.1) is 0 Å². The number of rotatable bonds is 8. The Morgan fingerprint density at radius 2 is 1.94 bits per heavy atom. The minimum absolute atomic E-state index is 0.0250. The number of benzene rings is 1. The highest BCUT2D eigenvalue weighted by molar-refractivity contribution is 7.91. The van der Waals surface area contributed by atoms with Gasteiger partial charge in [-0.25, -0.2) is 4.79 Å². The summed E-state index contributed by atoms with van der Waals surface area (Å²) in [6.07, 6.45) is 1.20. The van der Waals surface area contributed by atoms with Crippen LogP contribution in [0.25, 0.3) is 11.5 Å². The fourth-order valence-corrected chi connectivity index (χ4v) is 4.17. The smallest absolute Gasteiger partial charge is 0.410 e. The number of carbonyl (C=O) groups excluding carboxylic acids is 1. The summed E-state index contributed by atoms with van der Waals surface area (Å²) in [5.74, 6) is 1.30. The second-order valence-corrected chi connectivity index (χ2v) is 10.1. The molecule has 1 fully saturated rings. The predicted octanol–water partition coefficient (Wildman–Crippen LogP) is 3.41. The van der Waals surface area contributed by atoms with E-state index in [1.165, 1.54) is 0 Å². The predicted molar refractivity (Wildman–Crippen MR) is 119 cm³/mol. The summed E-state index contributed by atoms with van der Waals surface area (Å²) in [6, 6.07) is 7.20. The molecule has 32 heavy (non-hydrogen) atoms. The van der Waals surface area contributed by atoms with Crippen LogP contribution in [0, 0.1) is 0 Å². The molecule has 1 aliphatic heterocycles. The standard InChI is InChI=1S/C22H31N3O6S/c1-22(2,3)30-21(26)25-11-9-17(10-12-25)29-15-19-23-20(31-24-19)16-5-7-18(8-6-16)32(27)14-13-28-4/h5-8,17H,9-15H2,1-4H3. The molecule has 1 aromatic carbocycles. The molecule has 0 spiro atoms. The second-order valence-electron chi connectivity index (χ2n) is 8.56. The molecule has 0 radical (unpaired) electrons. The molecule has 0 bridgehead atoms. The van der Waals surface area contributed by atoms with Gasteiger partial charge in [-0.05, 0) is 69.1 Å². The maximum Gasteiger partial charge on any atom is 0.410 e. The van der Waals surface area contributed by atoms with Crippen molar-refractivity contribution in [3.8, 4) is 11.5 Å². The van der Waals surface area contributed by atoms with E-state index < -0.39 is 16.8 Å². The number of ether oxygens (including phenoxy) is 3. The van der Waals surface area contributed by atoms with Crippen LogP contribution in [-0.4, -0.2) is 70.0 Å². The average molecular weight is 466 g/mol. The number of hydrogen-bond acceptors (Lipinski definition) is 8. The molecule has 1 aromatic heterocycles. The molecule has 1 atom stereocenters. The summed E-state index contributed by atoms with van der Waals surface area (Å²) >= 11 is -1.10. The van der Waals surface area contributed by atoms with Crippen LogP contribution in [0.15, 0.2) is 33.7 Å². The van der Waals surface area contributed by atoms with Gasteiger partial charge in [-0.1, -0.05) is 5.16 Å². The molecular formula is C22H31N3O6S. The molecule has 1 aliphatic rings. The first-order chi connectivity index (χ1) is 15.2. The first-order valence-electron chi connectivity index (χ1n) is 10.6. The molecule has 2 aromatic rings. The monoisotopic (exact) mass is 465 g/mol. The van der Waals surface area contributed by atoms with Crippen LogP contribution in [0.2, 0.25) is 0 Å². The maximum atomic E-state index is 12.1. The number of nitrogens with zero attached hydrogens (tertiary/aromatic N) is 3. The summed E-state index contributed by atoms with van der Waals surface area (Å²) in [5, 5.41) is 3.99. The van der Waals surface area contributed by atoms with Crippen LogP contribution < -0.4 is 0 Å². The van der Waals surface area contributed by atoms with Crippen molar-refractivity contribution in [3.63, 3.8) is 0 Å². The number of piperidine rings is 1. The SMILES string of the molecule is COCC[S+]([O-])c1ccc(-c2nc(COC3CCN(C(=O)OC(C)(C)C)CC3)no2)cc1. The van der Waals surface area contributed by atoms with E-state index in [9.17, 15) is 9.35 Å². The number of aromatic nitrogens is 2. The molecule has 0 aliphatic carbocycles.